The topological polar surface area (TPSA) is 88.5 Å². The van der Waals surface area contributed by atoms with Crippen LogP contribution in [0.15, 0.2) is 23.7 Å². The number of thiophene rings is 1. The normalized spacial score (nSPS) is 25.2. The van der Waals surface area contributed by atoms with Gasteiger partial charge in [0, 0.05) is 24.6 Å². The summed E-state index contributed by atoms with van der Waals surface area (Å²) in [6.07, 6.45) is 1.53. The van der Waals surface area contributed by atoms with Crippen molar-refractivity contribution in [2.45, 2.75) is 38.8 Å². The van der Waals surface area contributed by atoms with Crippen molar-refractivity contribution in [3.63, 3.8) is 0 Å². The number of fused-ring (bicyclic) bond motifs is 1. The number of carboxylic acids is 1. The molecule has 3 rings (SSSR count). The first-order chi connectivity index (χ1) is 11.3. The molecule has 0 aromatic carbocycles. The molecule has 1 aliphatic rings. The number of aliphatic carboxylic acids is 1. The van der Waals surface area contributed by atoms with Crippen molar-refractivity contribution in [1.82, 2.24) is 10.3 Å². The van der Waals surface area contributed by atoms with Gasteiger partial charge in [0.25, 0.3) is 5.91 Å². The molecule has 2 N–H and O–H groups in total. The van der Waals surface area contributed by atoms with Gasteiger partial charge in [0.2, 0.25) is 0 Å². The van der Waals surface area contributed by atoms with Crippen LogP contribution < -0.4 is 5.32 Å². The maximum absolute atomic E-state index is 12.6. The molecule has 2 aromatic heterocycles. The van der Waals surface area contributed by atoms with E-state index in [1.807, 2.05) is 32.2 Å². The summed E-state index contributed by atoms with van der Waals surface area (Å²) in [5, 5.41) is 14.4. The van der Waals surface area contributed by atoms with Crippen molar-refractivity contribution in [3.05, 3.63) is 29.3 Å². The van der Waals surface area contributed by atoms with Crippen LogP contribution in [0.25, 0.3) is 10.2 Å². The van der Waals surface area contributed by atoms with E-state index >= 15 is 0 Å². The molecule has 0 saturated heterocycles. The van der Waals surface area contributed by atoms with Gasteiger partial charge in [-0.3, -0.25) is 9.78 Å². The van der Waals surface area contributed by atoms with Crippen LogP contribution in [-0.4, -0.2) is 40.2 Å². The second-order valence-electron chi connectivity index (χ2n) is 6.56. The Hall–Kier alpha value is -1.99. The van der Waals surface area contributed by atoms with Crippen molar-refractivity contribution in [2.24, 2.45) is 5.41 Å². The molecule has 128 valence electrons. The third-order valence-corrected chi connectivity index (χ3v) is 5.87. The molecule has 2 aromatic rings. The highest BCUT2D eigenvalue weighted by molar-refractivity contribution is 7.17. The average Bonchev–Trinajstić information content (AvgIpc) is 3.00. The first kappa shape index (κ1) is 16.9. The standard InChI is InChI=1S/C17H20N2O4S/c1-4-23-13-8-17(15(21)22,16(13,2)3)19-14(20)10-7-12-11(18-9-10)5-6-24-12/h5-7,9,13H,4,8H2,1-3H3,(H,19,20)(H,21,22). The summed E-state index contributed by atoms with van der Waals surface area (Å²) < 4.78 is 6.50. The number of nitrogens with zero attached hydrogens (tertiary/aromatic N) is 1. The number of pyridine rings is 1. The molecule has 7 heteroatoms. The fourth-order valence-corrected chi connectivity index (χ4v) is 4.05. The minimum Gasteiger partial charge on any atom is -0.479 e. The fourth-order valence-electron chi connectivity index (χ4n) is 3.27. The van der Waals surface area contributed by atoms with Gasteiger partial charge in [-0.25, -0.2) is 4.79 Å². The van der Waals surface area contributed by atoms with Gasteiger partial charge in [0.1, 0.15) is 5.54 Å². The minimum absolute atomic E-state index is 0.197. The van der Waals surface area contributed by atoms with Crippen LogP contribution in [0.1, 0.15) is 37.6 Å². The first-order valence-corrected chi connectivity index (χ1v) is 8.70. The van der Waals surface area contributed by atoms with E-state index in [2.05, 4.69) is 10.3 Å². The van der Waals surface area contributed by atoms with Crippen molar-refractivity contribution < 1.29 is 19.4 Å². The van der Waals surface area contributed by atoms with Gasteiger partial charge >= 0.3 is 5.97 Å². The Morgan fingerprint density at radius 3 is 2.88 bits per heavy atom. The zero-order valence-electron chi connectivity index (χ0n) is 13.8. The molecule has 1 saturated carbocycles. The Morgan fingerprint density at radius 1 is 1.50 bits per heavy atom. The Morgan fingerprint density at radius 2 is 2.25 bits per heavy atom. The molecule has 1 aliphatic carbocycles. The molecular formula is C17H20N2O4S. The molecule has 0 aliphatic heterocycles. The molecule has 2 atom stereocenters. The van der Waals surface area contributed by atoms with Gasteiger partial charge in [-0.05, 0) is 24.4 Å². The van der Waals surface area contributed by atoms with Crippen molar-refractivity contribution in [2.75, 3.05) is 6.61 Å². The highest BCUT2D eigenvalue weighted by Crippen LogP contribution is 2.51. The van der Waals surface area contributed by atoms with Crippen molar-refractivity contribution in [3.8, 4) is 0 Å². The van der Waals surface area contributed by atoms with Gasteiger partial charge in [0.15, 0.2) is 0 Å². The van der Waals surface area contributed by atoms with Gasteiger partial charge in [-0.15, -0.1) is 11.3 Å². The number of carbonyl (C=O) groups is 2. The summed E-state index contributed by atoms with van der Waals surface area (Å²) in [4.78, 5) is 28.8. The predicted molar refractivity (Wildman–Crippen MR) is 91.3 cm³/mol. The van der Waals surface area contributed by atoms with Crippen LogP contribution in [0.4, 0.5) is 0 Å². The molecular weight excluding hydrogens is 328 g/mol. The van der Waals surface area contributed by atoms with E-state index in [1.54, 1.807) is 6.07 Å². The quantitative estimate of drug-likeness (QED) is 0.867. The first-order valence-electron chi connectivity index (χ1n) is 7.82. The van der Waals surface area contributed by atoms with Gasteiger partial charge in [0.05, 0.1) is 21.9 Å². The lowest BCUT2D eigenvalue weighted by Crippen LogP contribution is -2.76. The molecule has 0 bridgehead atoms. The van der Waals surface area contributed by atoms with E-state index < -0.39 is 22.8 Å². The van der Waals surface area contributed by atoms with Crippen molar-refractivity contribution >= 4 is 33.4 Å². The molecule has 1 fully saturated rings. The smallest absolute Gasteiger partial charge is 0.330 e. The maximum atomic E-state index is 12.6. The number of nitrogens with one attached hydrogen (secondary N) is 1. The number of hydrogen-bond acceptors (Lipinski definition) is 5. The Labute approximate surface area is 143 Å². The van der Waals surface area contributed by atoms with E-state index in [-0.39, 0.29) is 12.5 Å². The lowest BCUT2D eigenvalue weighted by Gasteiger charge is -2.58. The number of ether oxygens (including phenoxy) is 1. The third-order valence-electron chi connectivity index (χ3n) is 5.02. The molecule has 2 unspecified atom stereocenters. The third kappa shape index (κ3) is 2.39. The molecule has 1 amide bonds. The van der Waals surface area contributed by atoms with Crippen LogP contribution in [-0.2, 0) is 9.53 Å². The summed E-state index contributed by atoms with van der Waals surface area (Å²) in [6.45, 7) is 6.01. The summed E-state index contributed by atoms with van der Waals surface area (Å²) >= 11 is 1.49. The van der Waals surface area contributed by atoms with Gasteiger partial charge in [-0.1, -0.05) is 13.8 Å². The zero-order chi connectivity index (χ0) is 17.5. The largest absolute Gasteiger partial charge is 0.479 e. The summed E-state index contributed by atoms with van der Waals surface area (Å²) in [5.41, 5.74) is -0.856. The maximum Gasteiger partial charge on any atom is 0.330 e. The summed E-state index contributed by atoms with van der Waals surface area (Å²) in [5.74, 6) is -1.47. The predicted octanol–water partition coefficient (Wildman–Crippen LogP) is 2.68. The monoisotopic (exact) mass is 348 g/mol. The lowest BCUT2D eigenvalue weighted by molar-refractivity contribution is -0.190. The van der Waals surface area contributed by atoms with E-state index in [0.717, 1.165) is 10.2 Å². The van der Waals surface area contributed by atoms with Crippen LogP contribution in [0.2, 0.25) is 0 Å². The Kier molecular flexibility index (Phi) is 4.09. The van der Waals surface area contributed by atoms with Crippen LogP contribution in [0.5, 0.6) is 0 Å². The molecule has 2 heterocycles. The van der Waals surface area contributed by atoms with Crippen LogP contribution >= 0.6 is 11.3 Å². The van der Waals surface area contributed by atoms with Crippen LogP contribution in [0, 0.1) is 5.41 Å². The average molecular weight is 348 g/mol. The number of carbonyl (C=O) groups excluding carboxylic acids is 1. The fraction of sp³-hybridized carbons (Fsp3) is 0.471. The summed E-state index contributed by atoms with van der Waals surface area (Å²) in [7, 11) is 0. The number of rotatable bonds is 5. The lowest BCUT2D eigenvalue weighted by atomic mass is 9.54. The van der Waals surface area contributed by atoms with E-state index in [0.29, 0.717) is 12.2 Å². The Balaban J connectivity index is 1.86. The Bertz CT molecular complexity index is 801. The van der Waals surface area contributed by atoms with Crippen LogP contribution in [0.3, 0.4) is 0 Å². The number of amides is 1. The number of carboxylic acid groups (broad SMARTS) is 1. The minimum atomic E-state index is -1.34. The highest BCUT2D eigenvalue weighted by atomic mass is 32.1. The second-order valence-corrected chi connectivity index (χ2v) is 7.51. The summed E-state index contributed by atoms with van der Waals surface area (Å²) in [6, 6.07) is 3.62. The molecule has 24 heavy (non-hydrogen) atoms. The zero-order valence-corrected chi connectivity index (χ0v) is 14.6. The van der Waals surface area contributed by atoms with E-state index in [4.69, 9.17) is 4.74 Å². The van der Waals surface area contributed by atoms with Gasteiger partial charge in [-0.2, -0.15) is 0 Å². The number of aromatic nitrogens is 1. The molecule has 6 nitrogen and oxygen atoms in total. The number of hydrogen-bond donors (Lipinski definition) is 2. The second kappa shape index (κ2) is 5.82. The van der Waals surface area contributed by atoms with Crippen molar-refractivity contribution in [1.29, 1.82) is 0 Å². The van der Waals surface area contributed by atoms with E-state index in [9.17, 15) is 14.7 Å². The molecule has 0 spiro atoms. The SMILES string of the molecule is CCOC1CC(NC(=O)c2cnc3ccsc3c2)(C(=O)O)C1(C)C. The molecule has 0 radical (unpaired) electrons. The van der Waals surface area contributed by atoms with E-state index in [1.165, 1.54) is 17.5 Å². The van der Waals surface area contributed by atoms with Gasteiger partial charge < -0.3 is 15.2 Å². The highest BCUT2D eigenvalue weighted by Gasteiger charge is 2.66.